The Bertz CT molecular complexity index is 1030. The molecule has 1 atom stereocenters. The first-order valence-corrected chi connectivity index (χ1v) is 11.1. The van der Waals surface area contributed by atoms with Crippen LogP contribution in [0.4, 0.5) is 0 Å². The molecule has 0 bridgehead atoms. The third-order valence-electron chi connectivity index (χ3n) is 5.15. The molecule has 31 heavy (non-hydrogen) atoms. The van der Waals surface area contributed by atoms with E-state index in [1.54, 1.807) is 26.4 Å². The lowest BCUT2D eigenvalue weighted by molar-refractivity contribution is -0.119. The van der Waals surface area contributed by atoms with Crippen LogP contribution in [0.1, 0.15) is 36.1 Å². The molecule has 1 amide bonds. The van der Waals surface area contributed by atoms with Gasteiger partial charge in [0.15, 0.2) is 11.5 Å². The third-order valence-corrected chi connectivity index (χ3v) is 5.62. The lowest BCUT2D eigenvalue weighted by Crippen LogP contribution is -2.26. The molecule has 0 aromatic heterocycles. The van der Waals surface area contributed by atoms with Gasteiger partial charge in [-0.05, 0) is 41.2 Å². The average molecular weight is 451 g/mol. The second kappa shape index (κ2) is 9.28. The fraction of sp³-hybridized carbons (Fsp3) is 0.381. The first kappa shape index (κ1) is 23.1. The van der Waals surface area contributed by atoms with Crippen LogP contribution in [0, 0.1) is 0 Å². The number of phosphoric ester groups is 1. The van der Waals surface area contributed by atoms with Crippen LogP contribution < -0.4 is 19.5 Å². The molecule has 0 fully saturated rings. The summed E-state index contributed by atoms with van der Waals surface area (Å²) in [7, 11) is 0.0314. The summed E-state index contributed by atoms with van der Waals surface area (Å²) >= 11 is 0. The van der Waals surface area contributed by atoms with Crippen LogP contribution in [-0.2, 0) is 26.9 Å². The fourth-order valence-electron chi connectivity index (χ4n) is 3.93. The van der Waals surface area contributed by atoms with Crippen molar-refractivity contribution in [2.45, 2.75) is 32.4 Å². The molecule has 0 saturated heterocycles. The smallest absolute Gasteiger partial charge is 0.469 e. The van der Waals surface area contributed by atoms with Gasteiger partial charge in [0, 0.05) is 12.5 Å². The van der Waals surface area contributed by atoms with E-state index in [1.807, 2.05) is 12.1 Å². The van der Waals surface area contributed by atoms with Crippen molar-refractivity contribution in [2.24, 2.45) is 0 Å². The fourth-order valence-corrected chi connectivity index (χ4v) is 4.24. The highest BCUT2D eigenvalue weighted by Crippen LogP contribution is 2.50. The van der Waals surface area contributed by atoms with E-state index in [0.29, 0.717) is 35.7 Å². The molecular formula is C21H26NO8P. The molecule has 0 radical (unpaired) electrons. The lowest BCUT2D eigenvalue weighted by atomic mass is 9.92. The topological polar surface area (TPSA) is 124 Å². The summed E-state index contributed by atoms with van der Waals surface area (Å²) < 4.78 is 32.5. The Kier molecular flexibility index (Phi) is 6.91. The van der Waals surface area contributed by atoms with Gasteiger partial charge in [0.25, 0.3) is 0 Å². The standard InChI is InChI=1S/C21H26NO8P/c1-12(23)22-17-8-6-14-10-18(27-2)20(28-3)21(29-4)19(14)15-7-5-13(9-16(15)17)11-30-31(24,25)26/h5,7,9-10,17H,6,8,11H2,1-4H3,(H,22,23)(H2,24,25,26)/t17-/m0/s1. The largest absolute Gasteiger partial charge is 0.493 e. The van der Waals surface area contributed by atoms with Gasteiger partial charge in [-0.1, -0.05) is 18.2 Å². The zero-order chi connectivity index (χ0) is 22.8. The SMILES string of the molecule is COc1cc2c(c(OC)c1OC)-c1ccc(COP(=O)(O)O)cc1[C@@H](NC(C)=O)CC2. The van der Waals surface area contributed by atoms with Gasteiger partial charge in [0.2, 0.25) is 11.7 Å². The summed E-state index contributed by atoms with van der Waals surface area (Å²) in [6.07, 6.45) is 1.25. The maximum absolute atomic E-state index is 11.9. The summed E-state index contributed by atoms with van der Waals surface area (Å²) in [6, 6.07) is 6.95. The predicted octanol–water partition coefficient (Wildman–Crippen LogP) is 3.11. The molecule has 0 unspecified atom stereocenters. The third kappa shape index (κ3) is 5.02. The summed E-state index contributed by atoms with van der Waals surface area (Å²) in [5, 5.41) is 2.97. The van der Waals surface area contributed by atoms with Crippen molar-refractivity contribution in [3.63, 3.8) is 0 Å². The van der Waals surface area contributed by atoms with Crippen LogP contribution in [0.15, 0.2) is 24.3 Å². The Hall–Kier alpha value is -2.58. The molecule has 1 aliphatic rings. The Morgan fingerprint density at radius 3 is 2.42 bits per heavy atom. The van der Waals surface area contributed by atoms with Crippen molar-refractivity contribution in [1.82, 2.24) is 5.32 Å². The van der Waals surface area contributed by atoms with Crippen molar-refractivity contribution in [1.29, 1.82) is 0 Å². The van der Waals surface area contributed by atoms with Crippen LogP contribution in [-0.4, -0.2) is 37.0 Å². The molecule has 168 valence electrons. The van der Waals surface area contributed by atoms with E-state index in [2.05, 4.69) is 9.84 Å². The Morgan fingerprint density at radius 1 is 1.13 bits per heavy atom. The number of fused-ring (bicyclic) bond motifs is 3. The highest BCUT2D eigenvalue weighted by Gasteiger charge is 2.29. The molecule has 10 heteroatoms. The van der Waals surface area contributed by atoms with Crippen LogP contribution in [0.2, 0.25) is 0 Å². The van der Waals surface area contributed by atoms with Gasteiger partial charge < -0.3 is 29.3 Å². The van der Waals surface area contributed by atoms with E-state index in [9.17, 15) is 9.36 Å². The van der Waals surface area contributed by atoms with Crippen molar-refractivity contribution in [3.8, 4) is 28.4 Å². The maximum Gasteiger partial charge on any atom is 0.469 e. The Balaban J connectivity index is 2.21. The number of hydrogen-bond donors (Lipinski definition) is 3. The van der Waals surface area contributed by atoms with E-state index < -0.39 is 7.82 Å². The molecule has 2 aromatic carbocycles. The monoisotopic (exact) mass is 451 g/mol. The van der Waals surface area contributed by atoms with Crippen LogP contribution in [0.25, 0.3) is 11.1 Å². The first-order valence-electron chi connectivity index (χ1n) is 9.60. The maximum atomic E-state index is 11.9. The number of carbonyl (C=O) groups excluding carboxylic acids is 1. The van der Waals surface area contributed by atoms with Gasteiger partial charge in [-0.3, -0.25) is 9.32 Å². The Labute approximate surface area is 180 Å². The molecule has 0 saturated carbocycles. The number of benzene rings is 2. The van der Waals surface area contributed by atoms with E-state index in [1.165, 1.54) is 14.0 Å². The second-order valence-corrected chi connectivity index (χ2v) is 8.40. The quantitative estimate of drug-likeness (QED) is 0.549. The van der Waals surface area contributed by atoms with E-state index in [0.717, 1.165) is 22.3 Å². The minimum atomic E-state index is -4.61. The number of nitrogens with one attached hydrogen (secondary N) is 1. The highest BCUT2D eigenvalue weighted by atomic mass is 31.2. The van der Waals surface area contributed by atoms with Crippen LogP contribution in [0.5, 0.6) is 17.2 Å². The van der Waals surface area contributed by atoms with Gasteiger partial charge in [0.05, 0.1) is 34.0 Å². The number of ether oxygens (including phenoxy) is 3. The number of rotatable bonds is 7. The van der Waals surface area contributed by atoms with Crippen molar-refractivity contribution >= 4 is 13.7 Å². The Morgan fingerprint density at radius 2 is 1.84 bits per heavy atom. The number of methoxy groups -OCH3 is 3. The number of carbonyl (C=O) groups is 1. The summed E-state index contributed by atoms with van der Waals surface area (Å²) in [5.41, 5.74) is 3.99. The van der Waals surface area contributed by atoms with Gasteiger partial charge in [-0.2, -0.15) is 0 Å². The molecule has 0 spiro atoms. The number of phosphoric acid groups is 1. The lowest BCUT2D eigenvalue weighted by Gasteiger charge is -2.21. The number of hydrogen-bond acceptors (Lipinski definition) is 6. The molecule has 3 rings (SSSR count). The number of aryl methyl sites for hydroxylation is 1. The van der Waals surface area contributed by atoms with Gasteiger partial charge in [-0.25, -0.2) is 4.57 Å². The molecule has 2 aromatic rings. The summed E-state index contributed by atoms with van der Waals surface area (Å²) in [4.78, 5) is 29.9. The van der Waals surface area contributed by atoms with Gasteiger partial charge >= 0.3 is 7.82 Å². The van der Waals surface area contributed by atoms with Crippen LogP contribution >= 0.6 is 7.82 Å². The minimum Gasteiger partial charge on any atom is -0.493 e. The number of amides is 1. The highest BCUT2D eigenvalue weighted by molar-refractivity contribution is 7.46. The molecular weight excluding hydrogens is 425 g/mol. The first-order chi connectivity index (χ1) is 14.7. The van der Waals surface area contributed by atoms with Crippen molar-refractivity contribution in [2.75, 3.05) is 21.3 Å². The van der Waals surface area contributed by atoms with Crippen LogP contribution in [0.3, 0.4) is 0 Å². The van der Waals surface area contributed by atoms with E-state index in [4.69, 9.17) is 24.0 Å². The van der Waals surface area contributed by atoms with Crippen molar-refractivity contribution in [3.05, 3.63) is 41.0 Å². The molecule has 9 nitrogen and oxygen atoms in total. The zero-order valence-electron chi connectivity index (χ0n) is 17.8. The van der Waals surface area contributed by atoms with Gasteiger partial charge in [-0.15, -0.1) is 0 Å². The summed E-state index contributed by atoms with van der Waals surface area (Å²) in [5.74, 6) is 1.34. The predicted molar refractivity (Wildman–Crippen MR) is 113 cm³/mol. The average Bonchev–Trinajstić information content (AvgIpc) is 2.86. The van der Waals surface area contributed by atoms with Crippen molar-refractivity contribution < 1.29 is 37.9 Å². The molecule has 0 aliphatic heterocycles. The van der Waals surface area contributed by atoms with E-state index >= 15 is 0 Å². The molecule has 1 aliphatic carbocycles. The zero-order valence-corrected chi connectivity index (χ0v) is 18.7. The minimum absolute atomic E-state index is 0.180. The summed E-state index contributed by atoms with van der Waals surface area (Å²) in [6.45, 7) is 1.19. The molecule has 3 N–H and O–H groups in total. The van der Waals surface area contributed by atoms with E-state index in [-0.39, 0.29) is 18.6 Å². The second-order valence-electron chi connectivity index (χ2n) is 7.16. The normalized spacial score (nSPS) is 15.4. The molecule has 0 heterocycles. The van der Waals surface area contributed by atoms with Gasteiger partial charge in [0.1, 0.15) is 0 Å².